The van der Waals surface area contributed by atoms with Crippen LogP contribution in [0.5, 0.6) is 5.88 Å². The quantitative estimate of drug-likeness (QED) is 0.424. The fourth-order valence-corrected chi connectivity index (χ4v) is 3.18. The number of aromatic nitrogens is 1. The van der Waals surface area contributed by atoms with Crippen molar-refractivity contribution in [1.29, 1.82) is 0 Å². The van der Waals surface area contributed by atoms with Crippen molar-refractivity contribution in [2.75, 3.05) is 13.7 Å². The van der Waals surface area contributed by atoms with E-state index in [9.17, 15) is 0 Å². The van der Waals surface area contributed by atoms with Crippen LogP contribution in [0.4, 0.5) is 0 Å². The van der Waals surface area contributed by atoms with Crippen LogP contribution in [0.15, 0.2) is 23.3 Å². The van der Waals surface area contributed by atoms with Gasteiger partial charge in [-0.3, -0.25) is 0 Å². The van der Waals surface area contributed by atoms with Crippen molar-refractivity contribution in [1.82, 2.24) is 15.6 Å². The van der Waals surface area contributed by atoms with Gasteiger partial charge in [-0.05, 0) is 32.3 Å². The fraction of sp³-hybridized carbons (Fsp3) is 0.625. The third kappa shape index (κ3) is 4.47. The average Bonchev–Trinajstić information content (AvgIpc) is 3.16. The number of halogens is 1. The van der Waals surface area contributed by atoms with Crippen molar-refractivity contribution < 1.29 is 9.47 Å². The number of rotatable bonds is 5. The maximum absolute atomic E-state index is 5.89. The molecule has 0 spiro atoms. The van der Waals surface area contributed by atoms with E-state index in [0.717, 1.165) is 30.9 Å². The van der Waals surface area contributed by atoms with Gasteiger partial charge in [-0.25, -0.2) is 9.98 Å². The van der Waals surface area contributed by atoms with Gasteiger partial charge in [-0.2, -0.15) is 0 Å². The lowest BCUT2D eigenvalue weighted by molar-refractivity contribution is 0.0992. The Balaban J connectivity index is 0.00000192. The summed E-state index contributed by atoms with van der Waals surface area (Å²) in [5, 5.41) is 6.81. The molecule has 3 unspecified atom stereocenters. The number of hydrogen-bond acceptors (Lipinski definition) is 4. The first kappa shape index (κ1) is 18.3. The molecule has 3 rings (SSSR count). The molecule has 0 saturated carbocycles. The van der Waals surface area contributed by atoms with Crippen molar-refractivity contribution in [3.8, 4) is 5.88 Å². The monoisotopic (exact) mass is 432 g/mol. The Morgan fingerprint density at radius 2 is 2.35 bits per heavy atom. The lowest BCUT2D eigenvalue weighted by Gasteiger charge is -2.22. The third-order valence-electron chi connectivity index (χ3n) is 4.22. The van der Waals surface area contributed by atoms with Crippen LogP contribution in [0.3, 0.4) is 0 Å². The van der Waals surface area contributed by atoms with Crippen LogP contribution < -0.4 is 15.4 Å². The van der Waals surface area contributed by atoms with Gasteiger partial charge < -0.3 is 20.1 Å². The topological polar surface area (TPSA) is 67.8 Å². The number of methoxy groups -OCH3 is 1. The molecular formula is C16H25IN4O2. The molecule has 7 heteroatoms. The summed E-state index contributed by atoms with van der Waals surface area (Å²) in [6.45, 7) is 3.44. The largest absolute Gasteiger partial charge is 0.481 e. The van der Waals surface area contributed by atoms with Gasteiger partial charge in [-0.15, -0.1) is 24.0 Å². The van der Waals surface area contributed by atoms with E-state index in [0.29, 0.717) is 30.7 Å². The van der Waals surface area contributed by atoms with E-state index in [1.807, 2.05) is 12.1 Å². The molecule has 0 amide bonds. The molecule has 128 valence electrons. The highest BCUT2D eigenvalue weighted by Crippen LogP contribution is 2.34. The molecular weight excluding hydrogens is 407 g/mol. The average molecular weight is 432 g/mol. The van der Waals surface area contributed by atoms with Crippen molar-refractivity contribution in [2.45, 2.75) is 51.0 Å². The van der Waals surface area contributed by atoms with Crippen LogP contribution in [0.1, 0.15) is 31.7 Å². The number of nitrogens with zero attached hydrogens (tertiary/aromatic N) is 2. The molecule has 2 fully saturated rings. The van der Waals surface area contributed by atoms with Crippen molar-refractivity contribution >= 4 is 29.9 Å². The molecule has 2 aliphatic rings. The smallest absolute Gasteiger partial charge is 0.218 e. The second-order valence-electron chi connectivity index (χ2n) is 5.73. The Hall–Kier alpha value is -1.09. The molecule has 3 atom stereocenters. The van der Waals surface area contributed by atoms with E-state index in [4.69, 9.17) is 9.47 Å². The van der Waals surface area contributed by atoms with Gasteiger partial charge in [-0.1, -0.05) is 6.07 Å². The first-order valence-electron chi connectivity index (χ1n) is 7.98. The molecule has 2 aliphatic heterocycles. The number of guanidine groups is 1. The standard InChI is InChI=1S/C16H24N4O2.HI/c1-3-17-16(20-13-9-12-6-7-14(13)22-12)19-10-11-5-4-8-18-15(11)21-2;/h4-5,8,12-14H,3,6-7,9-10H2,1-2H3,(H2,17,19,20);1H. The molecule has 0 radical (unpaired) electrons. The lowest BCUT2D eigenvalue weighted by atomic mass is 9.96. The van der Waals surface area contributed by atoms with Gasteiger partial charge in [0.05, 0.1) is 31.9 Å². The summed E-state index contributed by atoms with van der Waals surface area (Å²) in [5.74, 6) is 1.46. The summed E-state index contributed by atoms with van der Waals surface area (Å²) in [5.41, 5.74) is 0.978. The SMILES string of the molecule is CCNC(=NCc1cccnc1OC)NC1CC2CCC1O2.I. The van der Waals surface area contributed by atoms with Gasteiger partial charge in [0.2, 0.25) is 5.88 Å². The highest BCUT2D eigenvalue weighted by Gasteiger charge is 2.41. The highest BCUT2D eigenvalue weighted by molar-refractivity contribution is 14.0. The van der Waals surface area contributed by atoms with E-state index in [-0.39, 0.29) is 24.0 Å². The molecule has 0 aromatic carbocycles. The van der Waals surface area contributed by atoms with E-state index in [1.54, 1.807) is 13.3 Å². The second-order valence-corrected chi connectivity index (χ2v) is 5.73. The highest BCUT2D eigenvalue weighted by atomic mass is 127. The number of pyridine rings is 1. The summed E-state index contributed by atoms with van der Waals surface area (Å²) in [4.78, 5) is 8.86. The van der Waals surface area contributed by atoms with Gasteiger partial charge in [0.25, 0.3) is 0 Å². The number of fused-ring (bicyclic) bond motifs is 2. The normalized spacial score (nSPS) is 25.8. The first-order chi connectivity index (χ1) is 10.8. The van der Waals surface area contributed by atoms with E-state index >= 15 is 0 Å². The molecule has 1 aromatic rings. The van der Waals surface area contributed by atoms with Crippen LogP contribution in [0.25, 0.3) is 0 Å². The Morgan fingerprint density at radius 3 is 3.00 bits per heavy atom. The van der Waals surface area contributed by atoms with Gasteiger partial charge in [0, 0.05) is 18.3 Å². The first-order valence-corrected chi connectivity index (χ1v) is 7.98. The van der Waals surface area contributed by atoms with E-state index < -0.39 is 0 Å². The van der Waals surface area contributed by atoms with E-state index in [2.05, 4.69) is 27.5 Å². The number of hydrogen-bond donors (Lipinski definition) is 2. The van der Waals surface area contributed by atoms with Crippen molar-refractivity contribution in [3.05, 3.63) is 23.9 Å². The number of nitrogens with one attached hydrogen (secondary N) is 2. The number of ether oxygens (including phenoxy) is 2. The zero-order valence-corrected chi connectivity index (χ0v) is 15.9. The molecule has 2 saturated heterocycles. The minimum absolute atomic E-state index is 0. The molecule has 2 N–H and O–H groups in total. The predicted octanol–water partition coefficient (Wildman–Crippen LogP) is 2.08. The molecule has 23 heavy (non-hydrogen) atoms. The second kappa shape index (κ2) is 8.68. The summed E-state index contributed by atoms with van der Waals surface area (Å²) in [7, 11) is 1.63. The molecule has 3 heterocycles. The summed E-state index contributed by atoms with van der Waals surface area (Å²) in [6, 6.07) is 4.25. The summed E-state index contributed by atoms with van der Waals surface area (Å²) in [6.07, 6.45) is 5.92. The Labute approximate surface area is 154 Å². The van der Waals surface area contributed by atoms with Crippen LogP contribution in [0, 0.1) is 0 Å². The van der Waals surface area contributed by atoms with Crippen LogP contribution >= 0.6 is 24.0 Å². The fourth-order valence-electron chi connectivity index (χ4n) is 3.18. The minimum Gasteiger partial charge on any atom is -0.481 e. The summed E-state index contributed by atoms with van der Waals surface area (Å²) < 4.78 is 11.2. The molecule has 1 aromatic heterocycles. The van der Waals surface area contributed by atoms with Gasteiger partial charge >= 0.3 is 0 Å². The minimum atomic E-state index is 0. The maximum atomic E-state index is 5.89. The Kier molecular flexibility index (Phi) is 6.88. The zero-order valence-electron chi connectivity index (χ0n) is 13.6. The third-order valence-corrected chi connectivity index (χ3v) is 4.22. The van der Waals surface area contributed by atoms with Crippen molar-refractivity contribution in [2.24, 2.45) is 4.99 Å². The number of aliphatic imine (C=N–C) groups is 1. The zero-order chi connectivity index (χ0) is 15.4. The Morgan fingerprint density at radius 1 is 1.48 bits per heavy atom. The van der Waals surface area contributed by atoms with Crippen LogP contribution in [-0.2, 0) is 11.3 Å². The van der Waals surface area contributed by atoms with E-state index in [1.165, 1.54) is 6.42 Å². The van der Waals surface area contributed by atoms with Gasteiger partial charge in [0.1, 0.15) is 0 Å². The Bertz CT molecular complexity index is 541. The summed E-state index contributed by atoms with van der Waals surface area (Å²) >= 11 is 0. The molecule has 2 bridgehead atoms. The van der Waals surface area contributed by atoms with Gasteiger partial charge in [0.15, 0.2) is 5.96 Å². The van der Waals surface area contributed by atoms with Crippen LogP contribution in [0.2, 0.25) is 0 Å². The molecule has 6 nitrogen and oxygen atoms in total. The van der Waals surface area contributed by atoms with Crippen LogP contribution in [-0.4, -0.2) is 42.8 Å². The maximum Gasteiger partial charge on any atom is 0.218 e. The van der Waals surface area contributed by atoms with Crippen molar-refractivity contribution in [3.63, 3.8) is 0 Å². The molecule has 0 aliphatic carbocycles. The lowest BCUT2D eigenvalue weighted by Crippen LogP contribution is -2.47. The predicted molar refractivity (Wildman–Crippen MR) is 100 cm³/mol.